The molecule has 142 valence electrons. The Morgan fingerprint density at radius 2 is 1.81 bits per heavy atom. The Kier molecular flexibility index (Phi) is 6.41. The number of nitrogens with zero attached hydrogens (tertiary/aromatic N) is 2. The lowest BCUT2D eigenvalue weighted by molar-refractivity contribution is -0.127. The molecule has 0 spiro atoms. The smallest absolute Gasteiger partial charge is 0.260 e. The van der Waals surface area contributed by atoms with Crippen molar-refractivity contribution >= 4 is 11.8 Å². The van der Waals surface area contributed by atoms with Gasteiger partial charge in [-0.05, 0) is 49.9 Å². The Balaban J connectivity index is 1.40. The number of ether oxygens (including phenoxy) is 1. The van der Waals surface area contributed by atoms with Crippen LogP contribution in [-0.4, -0.2) is 47.4 Å². The Bertz CT molecular complexity index is 744. The number of nitrogens with one attached hydrogen (secondary N) is 1. The van der Waals surface area contributed by atoms with E-state index in [1.165, 1.54) is 0 Å². The van der Waals surface area contributed by atoms with E-state index in [4.69, 9.17) is 4.74 Å². The zero-order valence-corrected chi connectivity index (χ0v) is 15.5. The maximum Gasteiger partial charge on any atom is 0.260 e. The number of amides is 2. The van der Waals surface area contributed by atoms with Gasteiger partial charge in [0.25, 0.3) is 11.8 Å². The number of aromatic nitrogens is 1. The summed E-state index contributed by atoms with van der Waals surface area (Å²) in [7, 11) is 0. The second-order valence-electron chi connectivity index (χ2n) is 6.79. The summed E-state index contributed by atoms with van der Waals surface area (Å²) in [6, 6.07) is 12.8. The molecule has 0 saturated carbocycles. The van der Waals surface area contributed by atoms with Crippen molar-refractivity contribution in [1.29, 1.82) is 0 Å². The maximum atomic E-state index is 12.4. The van der Waals surface area contributed by atoms with Crippen LogP contribution in [0.1, 0.15) is 30.1 Å². The summed E-state index contributed by atoms with van der Waals surface area (Å²) >= 11 is 0. The Hall–Kier alpha value is -2.89. The van der Waals surface area contributed by atoms with E-state index in [-0.39, 0.29) is 11.8 Å². The van der Waals surface area contributed by atoms with Gasteiger partial charge >= 0.3 is 0 Å². The van der Waals surface area contributed by atoms with Crippen LogP contribution in [0.2, 0.25) is 0 Å². The van der Waals surface area contributed by atoms with Gasteiger partial charge in [-0.25, -0.2) is 0 Å². The molecule has 1 aliphatic heterocycles. The van der Waals surface area contributed by atoms with Gasteiger partial charge in [-0.3, -0.25) is 14.6 Å². The summed E-state index contributed by atoms with van der Waals surface area (Å²) in [5.74, 6) is 0.987. The molecule has 1 saturated heterocycles. The topological polar surface area (TPSA) is 71.5 Å². The Morgan fingerprint density at radius 1 is 1.15 bits per heavy atom. The average Bonchev–Trinajstić information content (AvgIpc) is 2.73. The zero-order valence-electron chi connectivity index (χ0n) is 15.5. The highest BCUT2D eigenvalue weighted by Gasteiger charge is 2.24. The summed E-state index contributed by atoms with van der Waals surface area (Å²) in [5.41, 5.74) is 0.670. The van der Waals surface area contributed by atoms with Gasteiger partial charge in [0.2, 0.25) is 0 Å². The lowest BCUT2D eigenvalue weighted by atomic mass is 9.96. The summed E-state index contributed by atoms with van der Waals surface area (Å²) in [5, 5.41) is 2.97. The molecule has 6 heteroatoms. The predicted molar refractivity (Wildman–Crippen MR) is 102 cm³/mol. The van der Waals surface area contributed by atoms with E-state index in [9.17, 15) is 9.59 Å². The molecule has 2 amide bonds. The van der Waals surface area contributed by atoms with Gasteiger partial charge in [0.1, 0.15) is 5.75 Å². The number of hydrogen-bond donors (Lipinski definition) is 1. The number of piperidine rings is 1. The van der Waals surface area contributed by atoms with E-state index in [1.807, 2.05) is 35.2 Å². The van der Waals surface area contributed by atoms with Crippen molar-refractivity contribution in [2.75, 3.05) is 19.6 Å². The first-order valence-corrected chi connectivity index (χ1v) is 9.32. The summed E-state index contributed by atoms with van der Waals surface area (Å²) in [6.07, 6.45) is 4.49. The Labute approximate surface area is 159 Å². The van der Waals surface area contributed by atoms with E-state index in [0.29, 0.717) is 36.9 Å². The predicted octanol–water partition coefficient (Wildman–Crippen LogP) is 2.52. The first-order chi connectivity index (χ1) is 13.1. The highest BCUT2D eigenvalue weighted by Crippen LogP contribution is 2.18. The molecule has 1 N–H and O–H groups in total. The second-order valence-corrected chi connectivity index (χ2v) is 6.79. The number of hydrogen-bond acceptors (Lipinski definition) is 4. The monoisotopic (exact) mass is 367 g/mol. The molecule has 1 aromatic heterocycles. The molecular weight excluding hydrogens is 342 g/mol. The van der Waals surface area contributed by atoms with Crippen molar-refractivity contribution in [2.24, 2.45) is 5.92 Å². The molecule has 1 atom stereocenters. The van der Waals surface area contributed by atoms with Crippen molar-refractivity contribution in [3.63, 3.8) is 0 Å². The summed E-state index contributed by atoms with van der Waals surface area (Å²) in [4.78, 5) is 30.5. The summed E-state index contributed by atoms with van der Waals surface area (Å²) in [6.45, 7) is 3.77. The van der Waals surface area contributed by atoms with Gasteiger partial charge in [-0.1, -0.05) is 18.2 Å². The minimum atomic E-state index is -0.541. The van der Waals surface area contributed by atoms with Crippen molar-refractivity contribution in [3.8, 4) is 5.75 Å². The number of para-hydroxylation sites is 1. The third-order valence-electron chi connectivity index (χ3n) is 4.82. The standard InChI is InChI=1S/C21H25N3O3/c1-16(27-19-5-3-2-4-6-19)20(25)23-15-17-9-13-24(14-10-17)21(26)18-7-11-22-12-8-18/h2-8,11-12,16-17H,9-10,13-15H2,1H3,(H,23,25). The van der Waals surface area contributed by atoms with Crippen LogP contribution in [0.4, 0.5) is 0 Å². The third-order valence-corrected chi connectivity index (χ3v) is 4.82. The van der Waals surface area contributed by atoms with Gasteiger partial charge < -0.3 is 15.0 Å². The quantitative estimate of drug-likeness (QED) is 0.852. The first-order valence-electron chi connectivity index (χ1n) is 9.32. The van der Waals surface area contributed by atoms with E-state index in [2.05, 4.69) is 10.3 Å². The number of likely N-dealkylation sites (tertiary alicyclic amines) is 1. The number of benzene rings is 1. The van der Waals surface area contributed by atoms with E-state index < -0.39 is 6.10 Å². The highest BCUT2D eigenvalue weighted by atomic mass is 16.5. The lowest BCUT2D eigenvalue weighted by Crippen LogP contribution is -2.43. The molecule has 1 fully saturated rings. The van der Waals surface area contributed by atoms with Crippen LogP contribution in [0.3, 0.4) is 0 Å². The van der Waals surface area contributed by atoms with E-state index >= 15 is 0 Å². The van der Waals surface area contributed by atoms with Crippen LogP contribution in [0.25, 0.3) is 0 Å². The molecule has 1 aromatic carbocycles. The number of pyridine rings is 1. The van der Waals surface area contributed by atoms with Gasteiger partial charge in [0, 0.05) is 37.6 Å². The van der Waals surface area contributed by atoms with Gasteiger partial charge in [-0.2, -0.15) is 0 Å². The molecule has 6 nitrogen and oxygen atoms in total. The van der Waals surface area contributed by atoms with E-state index in [0.717, 1.165) is 12.8 Å². The molecule has 0 aliphatic carbocycles. The Morgan fingerprint density at radius 3 is 2.48 bits per heavy atom. The molecule has 0 bridgehead atoms. The van der Waals surface area contributed by atoms with Gasteiger partial charge in [0.15, 0.2) is 6.10 Å². The van der Waals surface area contributed by atoms with Gasteiger partial charge in [0.05, 0.1) is 0 Å². The molecule has 3 rings (SSSR count). The van der Waals surface area contributed by atoms with Crippen LogP contribution < -0.4 is 10.1 Å². The first kappa shape index (κ1) is 18.9. The van der Waals surface area contributed by atoms with E-state index in [1.54, 1.807) is 31.5 Å². The molecular formula is C21H25N3O3. The molecule has 2 heterocycles. The molecule has 2 aromatic rings. The van der Waals surface area contributed by atoms with Crippen LogP contribution in [-0.2, 0) is 4.79 Å². The minimum absolute atomic E-state index is 0.0461. The fraction of sp³-hybridized carbons (Fsp3) is 0.381. The highest BCUT2D eigenvalue weighted by molar-refractivity contribution is 5.94. The lowest BCUT2D eigenvalue weighted by Gasteiger charge is -2.32. The number of rotatable bonds is 6. The minimum Gasteiger partial charge on any atom is -0.481 e. The normalized spacial score (nSPS) is 15.8. The van der Waals surface area contributed by atoms with Crippen LogP contribution in [0, 0.1) is 5.92 Å². The van der Waals surface area contributed by atoms with Crippen molar-refractivity contribution in [1.82, 2.24) is 15.2 Å². The molecule has 27 heavy (non-hydrogen) atoms. The largest absolute Gasteiger partial charge is 0.481 e. The van der Waals surface area contributed by atoms with Crippen LogP contribution in [0.5, 0.6) is 5.75 Å². The van der Waals surface area contributed by atoms with Crippen molar-refractivity contribution in [3.05, 3.63) is 60.4 Å². The van der Waals surface area contributed by atoms with Crippen LogP contribution >= 0.6 is 0 Å². The molecule has 1 unspecified atom stereocenters. The van der Waals surface area contributed by atoms with Gasteiger partial charge in [-0.15, -0.1) is 0 Å². The second kappa shape index (κ2) is 9.16. The van der Waals surface area contributed by atoms with Crippen molar-refractivity contribution < 1.29 is 14.3 Å². The summed E-state index contributed by atoms with van der Waals surface area (Å²) < 4.78 is 5.64. The van der Waals surface area contributed by atoms with Crippen LogP contribution in [0.15, 0.2) is 54.9 Å². The number of carbonyl (C=O) groups excluding carboxylic acids is 2. The fourth-order valence-electron chi connectivity index (χ4n) is 3.16. The van der Waals surface area contributed by atoms with Crippen molar-refractivity contribution in [2.45, 2.75) is 25.9 Å². The fourth-order valence-corrected chi connectivity index (χ4v) is 3.16. The molecule has 1 aliphatic rings. The molecule has 0 radical (unpaired) electrons. The average molecular weight is 367 g/mol. The number of carbonyl (C=O) groups is 2. The third kappa shape index (κ3) is 5.29. The SMILES string of the molecule is CC(Oc1ccccc1)C(=O)NCC1CCN(C(=O)c2ccncc2)CC1. The zero-order chi connectivity index (χ0) is 19.1. The maximum absolute atomic E-state index is 12.4.